The van der Waals surface area contributed by atoms with Gasteiger partial charge in [-0.2, -0.15) is 0 Å². The molecule has 0 saturated carbocycles. The topological polar surface area (TPSA) is 13.1 Å². The van der Waals surface area contributed by atoms with Gasteiger partial charge in [-0.05, 0) is 28.7 Å². The highest BCUT2D eigenvalue weighted by Crippen LogP contribution is 2.34. The van der Waals surface area contributed by atoms with E-state index in [1.807, 2.05) is 18.2 Å². The third-order valence-corrected chi connectivity index (χ3v) is 3.29. The first-order chi connectivity index (χ1) is 6.50. The first-order valence-electron chi connectivity index (χ1n) is 4.67. The Morgan fingerprint density at radius 1 is 1.14 bits per heavy atom. The quantitative estimate of drug-likeness (QED) is 0.660. The molecule has 74 valence electrons. The molecule has 0 amide bonds. The van der Waals surface area contributed by atoms with E-state index < -0.39 is 0 Å². The molecule has 1 heterocycles. The molecule has 0 N–H and O–H groups in total. The van der Waals surface area contributed by atoms with E-state index in [1.54, 1.807) is 0 Å². The van der Waals surface area contributed by atoms with Gasteiger partial charge in [0.25, 0.3) is 0 Å². The summed E-state index contributed by atoms with van der Waals surface area (Å²) in [6, 6.07) is 8.18. The van der Waals surface area contributed by atoms with Crippen LogP contribution in [0.3, 0.4) is 0 Å². The van der Waals surface area contributed by atoms with Crippen LogP contribution in [0.15, 0.2) is 28.7 Å². The monoisotopic (exact) mass is 300 g/mol. The Morgan fingerprint density at radius 3 is 2.36 bits per heavy atom. The number of fused-ring (bicyclic) bond motifs is 1. The smallest absolute Gasteiger partial charge is 0.135 e. The summed E-state index contributed by atoms with van der Waals surface area (Å²) >= 11 is 2.37. The third kappa shape index (κ3) is 1.56. The predicted octanol–water partition coefficient (Wildman–Crippen LogP) is 4.33. The minimum absolute atomic E-state index is 0.0789. The summed E-state index contributed by atoms with van der Waals surface area (Å²) in [4.78, 5) is 0. The molecule has 0 fully saturated rings. The van der Waals surface area contributed by atoms with Gasteiger partial charge in [-0.15, -0.1) is 0 Å². The maximum Gasteiger partial charge on any atom is 0.135 e. The molecule has 0 aliphatic rings. The molecule has 1 aromatic heterocycles. The largest absolute Gasteiger partial charge is 0.459 e. The van der Waals surface area contributed by atoms with Gasteiger partial charge in [-0.1, -0.05) is 39.0 Å². The van der Waals surface area contributed by atoms with Gasteiger partial charge in [0.15, 0.2) is 0 Å². The highest BCUT2D eigenvalue weighted by atomic mass is 127. The van der Waals surface area contributed by atoms with Crippen molar-refractivity contribution in [1.82, 2.24) is 0 Å². The van der Waals surface area contributed by atoms with Crippen LogP contribution in [0.1, 0.15) is 26.5 Å². The van der Waals surface area contributed by atoms with Gasteiger partial charge < -0.3 is 4.42 Å². The Labute approximate surface area is 97.6 Å². The van der Waals surface area contributed by atoms with E-state index in [0.29, 0.717) is 0 Å². The standard InChI is InChI=1S/C12H13IO/c1-12(2,3)11-10(13)8-6-4-5-7-9(8)14-11/h4-7H,1-3H3. The molecule has 2 rings (SSSR count). The molecule has 1 nitrogen and oxygen atoms in total. The van der Waals surface area contributed by atoms with Gasteiger partial charge in [0.2, 0.25) is 0 Å². The Kier molecular flexibility index (Phi) is 2.33. The Balaban J connectivity index is 2.75. The fourth-order valence-corrected chi connectivity index (χ4v) is 2.86. The predicted molar refractivity (Wildman–Crippen MR) is 67.6 cm³/mol. The molecule has 2 aromatic rings. The van der Waals surface area contributed by atoms with Crippen LogP contribution in [0.5, 0.6) is 0 Å². The average Bonchev–Trinajstić information content (AvgIpc) is 2.44. The Morgan fingerprint density at radius 2 is 1.79 bits per heavy atom. The van der Waals surface area contributed by atoms with Crippen LogP contribution in [0, 0.1) is 3.57 Å². The molecule has 0 aliphatic heterocycles. The summed E-state index contributed by atoms with van der Waals surface area (Å²) < 4.78 is 7.10. The molecule has 0 spiro atoms. The number of hydrogen-bond donors (Lipinski definition) is 0. The second kappa shape index (κ2) is 3.26. The number of furan rings is 1. The zero-order valence-electron chi connectivity index (χ0n) is 8.60. The van der Waals surface area contributed by atoms with Crippen LogP contribution < -0.4 is 0 Å². The van der Waals surface area contributed by atoms with Crippen LogP contribution >= 0.6 is 22.6 Å². The molecule has 14 heavy (non-hydrogen) atoms. The van der Waals surface area contributed by atoms with E-state index in [4.69, 9.17) is 4.42 Å². The van der Waals surface area contributed by atoms with Crippen molar-refractivity contribution < 1.29 is 4.42 Å². The second-order valence-electron chi connectivity index (χ2n) is 4.49. The minimum Gasteiger partial charge on any atom is -0.459 e. The summed E-state index contributed by atoms with van der Waals surface area (Å²) in [5.41, 5.74) is 1.07. The SMILES string of the molecule is CC(C)(C)c1oc2ccccc2c1I. The van der Waals surface area contributed by atoms with Crippen molar-refractivity contribution in [3.8, 4) is 0 Å². The normalized spacial score (nSPS) is 12.3. The molecule has 0 atom stereocenters. The van der Waals surface area contributed by atoms with Crippen molar-refractivity contribution in [1.29, 1.82) is 0 Å². The highest BCUT2D eigenvalue weighted by Gasteiger charge is 2.23. The van der Waals surface area contributed by atoms with Crippen LogP contribution in [-0.4, -0.2) is 0 Å². The summed E-state index contributed by atoms with van der Waals surface area (Å²) in [6.07, 6.45) is 0. The number of benzene rings is 1. The van der Waals surface area contributed by atoms with E-state index in [9.17, 15) is 0 Å². The molecule has 0 radical (unpaired) electrons. The Bertz CT molecular complexity index is 463. The Hall–Kier alpha value is -0.510. The van der Waals surface area contributed by atoms with Gasteiger partial charge in [0.1, 0.15) is 11.3 Å². The van der Waals surface area contributed by atoms with Crippen molar-refractivity contribution in [3.05, 3.63) is 33.6 Å². The van der Waals surface area contributed by atoms with Gasteiger partial charge in [0, 0.05) is 10.8 Å². The van der Waals surface area contributed by atoms with Crippen molar-refractivity contribution in [2.75, 3.05) is 0 Å². The maximum absolute atomic E-state index is 5.86. The minimum atomic E-state index is 0.0789. The summed E-state index contributed by atoms with van der Waals surface area (Å²) in [7, 11) is 0. The van der Waals surface area contributed by atoms with E-state index in [0.717, 1.165) is 11.3 Å². The lowest BCUT2D eigenvalue weighted by atomic mass is 9.93. The van der Waals surface area contributed by atoms with Crippen molar-refractivity contribution in [2.45, 2.75) is 26.2 Å². The van der Waals surface area contributed by atoms with Gasteiger partial charge in [0.05, 0.1) is 3.57 Å². The number of halogens is 1. The van der Waals surface area contributed by atoms with Crippen molar-refractivity contribution in [3.63, 3.8) is 0 Å². The molecule has 1 aromatic carbocycles. The highest BCUT2D eigenvalue weighted by molar-refractivity contribution is 14.1. The van der Waals surface area contributed by atoms with Gasteiger partial charge in [-0.3, -0.25) is 0 Å². The summed E-state index contributed by atoms with van der Waals surface area (Å²) in [6.45, 7) is 6.52. The van der Waals surface area contributed by atoms with Crippen molar-refractivity contribution >= 4 is 33.6 Å². The molecular weight excluding hydrogens is 287 g/mol. The number of para-hydroxylation sites is 1. The lowest BCUT2D eigenvalue weighted by molar-refractivity contribution is 0.427. The third-order valence-electron chi connectivity index (χ3n) is 2.22. The second-order valence-corrected chi connectivity index (χ2v) is 5.57. The van der Waals surface area contributed by atoms with Gasteiger partial charge >= 0.3 is 0 Å². The molecular formula is C12H13IO. The lowest BCUT2D eigenvalue weighted by Gasteiger charge is -2.15. The number of rotatable bonds is 0. The fraction of sp³-hybridized carbons (Fsp3) is 0.333. The molecule has 2 heteroatoms. The first-order valence-corrected chi connectivity index (χ1v) is 5.75. The lowest BCUT2D eigenvalue weighted by Crippen LogP contribution is -2.10. The van der Waals surface area contributed by atoms with E-state index in [-0.39, 0.29) is 5.41 Å². The fourth-order valence-electron chi connectivity index (χ4n) is 1.50. The van der Waals surface area contributed by atoms with E-state index >= 15 is 0 Å². The van der Waals surface area contributed by atoms with Crippen LogP contribution in [0.4, 0.5) is 0 Å². The zero-order chi connectivity index (χ0) is 10.3. The molecule has 0 saturated heterocycles. The zero-order valence-corrected chi connectivity index (χ0v) is 10.8. The average molecular weight is 300 g/mol. The summed E-state index contributed by atoms with van der Waals surface area (Å²) in [5, 5.41) is 1.22. The van der Waals surface area contributed by atoms with Gasteiger partial charge in [-0.25, -0.2) is 0 Å². The van der Waals surface area contributed by atoms with Crippen LogP contribution in [-0.2, 0) is 5.41 Å². The number of hydrogen-bond acceptors (Lipinski definition) is 1. The van der Waals surface area contributed by atoms with Crippen molar-refractivity contribution in [2.24, 2.45) is 0 Å². The summed E-state index contributed by atoms with van der Waals surface area (Å²) in [5.74, 6) is 1.08. The van der Waals surface area contributed by atoms with Crippen LogP contribution in [0.2, 0.25) is 0 Å². The molecule has 0 unspecified atom stereocenters. The van der Waals surface area contributed by atoms with Crippen LogP contribution in [0.25, 0.3) is 11.0 Å². The van der Waals surface area contributed by atoms with E-state index in [1.165, 1.54) is 8.96 Å². The first kappa shape index (κ1) is 10.0. The molecule has 0 bridgehead atoms. The maximum atomic E-state index is 5.86. The van der Waals surface area contributed by atoms with E-state index in [2.05, 4.69) is 49.4 Å². The molecule has 0 aliphatic carbocycles.